The third kappa shape index (κ3) is 3.98. The number of benzene rings is 2. The van der Waals surface area contributed by atoms with Gasteiger partial charge in [-0.15, -0.1) is 10.2 Å². The quantitative estimate of drug-likeness (QED) is 0.662. The second-order valence-electron chi connectivity index (χ2n) is 7.01. The summed E-state index contributed by atoms with van der Waals surface area (Å²) >= 11 is 1.34. The summed E-state index contributed by atoms with van der Waals surface area (Å²) in [5, 5.41) is 11.3. The van der Waals surface area contributed by atoms with Crippen LogP contribution in [0.5, 0.6) is 0 Å². The summed E-state index contributed by atoms with van der Waals surface area (Å²) in [6, 6.07) is 13.9. The van der Waals surface area contributed by atoms with Gasteiger partial charge in [0, 0.05) is 6.42 Å². The molecule has 4 rings (SSSR count). The number of rotatable bonds is 5. The van der Waals surface area contributed by atoms with Gasteiger partial charge in [0.25, 0.3) is 0 Å². The number of hydrogen-bond donors (Lipinski definition) is 2. The average molecular weight is 412 g/mol. The molecule has 2 N–H and O–H groups in total. The number of para-hydroxylation sites is 1. The predicted molar refractivity (Wildman–Crippen MR) is 112 cm³/mol. The van der Waals surface area contributed by atoms with E-state index in [2.05, 4.69) is 27.9 Å². The molecule has 1 aliphatic rings. The van der Waals surface area contributed by atoms with Crippen molar-refractivity contribution in [2.24, 2.45) is 0 Å². The fourth-order valence-corrected chi connectivity index (χ4v) is 4.37. The zero-order valence-corrected chi connectivity index (χ0v) is 17.0. The Kier molecular flexibility index (Phi) is 5.53. The molecule has 0 radical (unpaired) electrons. The molecule has 1 aliphatic heterocycles. The highest BCUT2D eigenvalue weighted by atomic mass is 32.2. The van der Waals surface area contributed by atoms with E-state index < -0.39 is 11.1 Å². The summed E-state index contributed by atoms with van der Waals surface area (Å²) in [6.07, 6.45) is 1.73. The van der Waals surface area contributed by atoms with Crippen molar-refractivity contribution in [2.75, 3.05) is 10.7 Å². The van der Waals surface area contributed by atoms with Crippen LogP contribution in [-0.2, 0) is 11.2 Å². The first-order valence-electron chi connectivity index (χ1n) is 9.56. The van der Waals surface area contributed by atoms with Gasteiger partial charge < -0.3 is 10.7 Å². The Bertz CT molecular complexity index is 1020. The van der Waals surface area contributed by atoms with Gasteiger partial charge in [0.05, 0.1) is 11.7 Å². The number of hydrogen-bond acceptors (Lipinski definition) is 5. The Morgan fingerprint density at radius 1 is 1.21 bits per heavy atom. The van der Waals surface area contributed by atoms with Crippen LogP contribution in [-0.4, -0.2) is 26.0 Å². The largest absolute Gasteiger partial charge is 0.323 e. The van der Waals surface area contributed by atoms with E-state index in [9.17, 15) is 9.18 Å². The van der Waals surface area contributed by atoms with Gasteiger partial charge in [0.2, 0.25) is 11.1 Å². The molecule has 2 aromatic carbocycles. The number of carbonyl (C=O) groups is 1. The second kappa shape index (κ2) is 8.24. The number of aromatic nitrogens is 3. The highest BCUT2D eigenvalue weighted by Gasteiger charge is 2.37. The number of aryl methyl sites for hydroxylation is 2. The SMILES string of the molecule is CCCc1nnc2n1N[C@@H](c1ccc(C)cc1)[C@@H](C(=O)Nc1ccccc1F)S2. The molecule has 0 saturated heterocycles. The average Bonchev–Trinajstić information content (AvgIpc) is 3.11. The molecule has 0 bridgehead atoms. The molecular weight excluding hydrogens is 389 g/mol. The third-order valence-corrected chi connectivity index (χ3v) is 6.02. The lowest BCUT2D eigenvalue weighted by Gasteiger charge is -2.33. The minimum atomic E-state index is -0.538. The number of nitrogens with zero attached hydrogens (tertiary/aromatic N) is 3. The van der Waals surface area contributed by atoms with Crippen LogP contribution in [0, 0.1) is 12.7 Å². The van der Waals surface area contributed by atoms with Gasteiger partial charge in [-0.1, -0.05) is 60.6 Å². The lowest BCUT2D eigenvalue weighted by Crippen LogP contribution is -2.41. The molecule has 1 aromatic heterocycles. The van der Waals surface area contributed by atoms with E-state index in [4.69, 9.17) is 0 Å². The van der Waals surface area contributed by atoms with Gasteiger partial charge in [0.1, 0.15) is 11.1 Å². The van der Waals surface area contributed by atoms with Crippen LogP contribution < -0.4 is 10.7 Å². The van der Waals surface area contributed by atoms with E-state index >= 15 is 0 Å². The van der Waals surface area contributed by atoms with Crippen molar-refractivity contribution >= 4 is 23.4 Å². The van der Waals surface area contributed by atoms with Gasteiger partial charge in [0.15, 0.2) is 5.82 Å². The summed E-state index contributed by atoms with van der Waals surface area (Å²) in [6.45, 7) is 4.10. The fraction of sp³-hybridized carbons (Fsp3) is 0.286. The number of nitrogens with one attached hydrogen (secondary N) is 2. The van der Waals surface area contributed by atoms with Gasteiger partial charge >= 0.3 is 0 Å². The number of carbonyl (C=O) groups excluding carboxylic acids is 1. The van der Waals surface area contributed by atoms with Gasteiger partial charge in [-0.2, -0.15) is 0 Å². The standard InChI is InChI=1S/C21H22FN5OS/c1-3-6-17-24-25-21-27(17)26-18(14-11-9-13(2)10-12-14)19(29-21)20(28)23-16-8-5-4-7-15(16)22/h4-5,7-12,18-19,26H,3,6H2,1-2H3,(H,23,28)/t18-,19-/m0/s1. The molecule has 0 unspecified atom stereocenters. The summed E-state index contributed by atoms with van der Waals surface area (Å²) in [5.74, 6) is 0.0828. The van der Waals surface area contributed by atoms with Crippen molar-refractivity contribution in [1.82, 2.24) is 14.9 Å². The lowest BCUT2D eigenvalue weighted by molar-refractivity contribution is -0.116. The van der Waals surface area contributed by atoms with Crippen LogP contribution >= 0.6 is 11.8 Å². The number of amides is 1. The van der Waals surface area contributed by atoms with Crippen molar-refractivity contribution in [3.63, 3.8) is 0 Å². The van der Waals surface area contributed by atoms with E-state index in [1.165, 1.54) is 17.8 Å². The van der Waals surface area contributed by atoms with Gasteiger partial charge in [-0.3, -0.25) is 4.79 Å². The molecule has 150 valence electrons. The molecule has 0 saturated carbocycles. The Morgan fingerprint density at radius 3 is 2.69 bits per heavy atom. The van der Waals surface area contributed by atoms with E-state index in [1.54, 1.807) is 18.2 Å². The molecule has 0 aliphatic carbocycles. The smallest absolute Gasteiger partial charge is 0.240 e. The lowest BCUT2D eigenvalue weighted by atomic mass is 10.0. The van der Waals surface area contributed by atoms with E-state index in [-0.39, 0.29) is 17.6 Å². The van der Waals surface area contributed by atoms with Crippen LogP contribution in [0.1, 0.15) is 36.3 Å². The van der Waals surface area contributed by atoms with Gasteiger partial charge in [-0.25, -0.2) is 9.07 Å². The topological polar surface area (TPSA) is 71.8 Å². The van der Waals surface area contributed by atoms with Crippen molar-refractivity contribution in [3.8, 4) is 0 Å². The zero-order valence-electron chi connectivity index (χ0n) is 16.2. The molecule has 1 amide bonds. The summed E-state index contributed by atoms with van der Waals surface area (Å²) in [4.78, 5) is 13.1. The van der Waals surface area contributed by atoms with E-state index in [1.807, 2.05) is 35.9 Å². The van der Waals surface area contributed by atoms with Crippen molar-refractivity contribution < 1.29 is 9.18 Å². The molecule has 8 heteroatoms. The maximum atomic E-state index is 14.0. The number of halogens is 1. The maximum absolute atomic E-state index is 14.0. The van der Waals surface area contributed by atoms with Crippen molar-refractivity contribution in [3.05, 3.63) is 71.3 Å². The zero-order chi connectivity index (χ0) is 20.4. The van der Waals surface area contributed by atoms with Crippen molar-refractivity contribution in [2.45, 2.75) is 43.1 Å². The molecule has 0 fully saturated rings. The highest BCUT2D eigenvalue weighted by Crippen LogP contribution is 2.37. The Hall–Kier alpha value is -2.87. The third-order valence-electron chi connectivity index (χ3n) is 4.80. The van der Waals surface area contributed by atoms with Gasteiger partial charge in [-0.05, 0) is 31.0 Å². The van der Waals surface area contributed by atoms with E-state index in [0.29, 0.717) is 5.16 Å². The van der Waals surface area contributed by atoms with Crippen LogP contribution in [0.4, 0.5) is 10.1 Å². The van der Waals surface area contributed by atoms with Crippen LogP contribution in [0.3, 0.4) is 0 Å². The normalized spacial score (nSPS) is 18.0. The first-order valence-corrected chi connectivity index (χ1v) is 10.4. The monoisotopic (exact) mass is 411 g/mol. The van der Waals surface area contributed by atoms with Crippen LogP contribution in [0.15, 0.2) is 53.7 Å². The molecule has 2 atom stereocenters. The maximum Gasteiger partial charge on any atom is 0.240 e. The fourth-order valence-electron chi connectivity index (χ4n) is 3.27. The molecule has 3 aromatic rings. The van der Waals surface area contributed by atoms with Crippen LogP contribution in [0.2, 0.25) is 0 Å². The number of anilines is 1. The number of fused-ring (bicyclic) bond motifs is 1. The summed E-state index contributed by atoms with van der Waals surface area (Å²) in [7, 11) is 0. The Labute approximate surface area is 172 Å². The van der Waals surface area contributed by atoms with E-state index in [0.717, 1.165) is 29.8 Å². The first-order chi connectivity index (χ1) is 14.1. The Balaban J connectivity index is 1.67. The van der Waals surface area contributed by atoms with Crippen LogP contribution in [0.25, 0.3) is 0 Å². The molecule has 2 heterocycles. The molecule has 6 nitrogen and oxygen atoms in total. The summed E-state index contributed by atoms with van der Waals surface area (Å²) in [5.41, 5.74) is 5.69. The number of thioether (sulfide) groups is 1. The first kappa shape index (κ1) is 19.4. The molecule has 29 heavy (non-hydrogen) atoms. The van der Waals surface area contributed by atoms with Crippen molar-refractivity contribution in [1.29, 1.82) is 0 Å². The highest BCUT2D eigenvalue weighted by molar-refractivity contribution is 8.00. The Morgan fingerprint density at radius 2 is 1.97 bits per heavy atom. The molecule has 0 spiro atoms. The predicted octanol–water partition coefficient (Wildman–Crippen LogP) is 4.08. The summed E-state index contributed by atoms with van der Waals surface area (Å²) < 4.78 is 15.9. The minimum Gasteiger partial charge on any atom is -0.323 e. The second-order valence-corrected chi connectivity index (χ2v) is 8.12. The minimum absolute atomic E-state index is 0.166. The molecular formula is C21H22FN5OS.